The van der Waals surface area contributed by atoms with Gasteiger partial charge >= 0.3 is 11.9 Å². The molecule has 2 N–H and O–H groups in total. The van der Waals surface area contributed by atoms with Crippen LogP contribution in [0.5, 0.6) is 0 Å². The number of esters is 2. The Morgan fingerprint density at radius 1 is 0.800 bits per heavy atom. The van der Waals surface area contributed by atoms with Crippen molar-refractivity contribution in [3.8, 4) is 0 Å². The quantitative estimate of drug-likeness (QED) is 0.613. The van der Waals surface area contributed by atoms with E-state index in [1.165, 1.54) is 0 Å². The second-order valence-electron chi connectivity index (χ2n) is 6.03. The van der Waals surface area contributed by atoms with Crippen LogP contribution < -0.4 is 10.6 Å². The molecule has 0 radical (unpaired) electrons. The molecule has 0 bridgehead atoms. The van der Waals surface area contributed by atoms with E-state index in [-0.39, 0.29) is 25.0 Å². The number of rotatable bonds is 9. The average molecular weight is 288 g/mol. The second-order valence-corrected chi connectivity index (χ2v) is 6.03. The largest absolute Gasteiger partial charge is 0.459 e. The fourth-order valence-electron chi connectivity index (χ4n) is 1.68. The molecule has 0 rings (SSSR count). The maximum absolute atomic E-state index is 11.5. The van der Waals surface area contributed by atoms with Crippen LogP contribution in [0.25, 0.3) is 0 Å². The summed E-state index contributed by atoms with van der Waals surface area (Å²) in [6.45, 7) is 7.78. The molecular weight excluding hydrogens is 260 g/mol. The van der Waals surface area contributed by atoms with Gasteiger partial charge < -0.3 is 20.1 Å². The molecule has 6 heteroatoms. The Hall–Kier alpha value is -1.14. The van der Waals surface area contributed by atoms with Crippen LogP contribution in [0.1, 0.15) is 40.5 Å². The third kappa shape index (κ3) is 8.87. The van der Waals surface area contributed by atoms with Gasteiger partial charge in [0.25, 0.3) is 0 Å². The van der Waals surface area contributed by atoms with Crippen LogP contribution in [0, 0.1) is 0 Å². The normalized spacial score (nSPS) is 12.1. The molecule has 0 aliphatic carbocycles. The molecule has 0 atom stereocenters. The van der Waals surface area contributed by atoms with Crippen LogP contribution in [-0.2, 0) is 19.1 Å². The first-order valence-electron chi connectivity index (χ1n) is 6.85. The van der Waals surface area contributed by atoms with E-state index < -0.39 is 11.2 Å². The van der Waals surface area contributed by atoms with Crippen molar-refractivity contribution < 1.29 is 19.1 Å². The lowest BCUT2D eigenvalue weighted by Crippen LogP contribution is -2.37. The number of hydrogen-bond acceptors (Lipinski definition) is 6. The minimum Gasteiger partial charge on any atom is -0.459 e. The van der Waals surface area contributed by atoms with Crippen molar-refractivity contribution in [2.75, 3.05) is 27.2 Å². The van der Waals surface area contributed by atoms with E-state index in [9.17, 15) is 9.59 Å². The predicted octanol–water partition coefficient (Wildman–Crippen LogP) is 0.849. The van der Waals surface area contributed by atoms with Crippen LogP contribution >= 0.6 is 0 Å². The molecule has 0 aromatic carbocycles. The SMILES string of the molecule is CNCC(=O)OC(C)(C)CCC(C)(C)OC(=O)CNC. The lowest BCUT2D eigenvalue weighted by atomic mass is 9.93. The van der Waals surface area contributed by atoms with Gasteiger partial charge in [0, 0.05) is 0 Å². The third-order valence-electron chi connectivity index (χ3n) is 2.75. The first-order valence-corrected chi connectivity index (χ1v) is 6.85. The van der Waals surface area contributed by atoms with E-state index in [2.05, 4.69) is 10.6 Å². The molecule has 0 unspecified atom stereocenters. The van der Waals surface area contributed by atoms with Crippen molar-refractivity contribution in [3.05, 3.63) is 0 Å². The number of hydrogen-bond donors (Lipinski definition) is 2. The van der Waals surface area contributed by atoms with Crippen molar-refractivity contribution in [3.63, 3.8) is 0 Å². The highest BCUT2D eigenvalue weighted by Gasteiger charge is 2.29. The molecule has 0 aromatic rings. The molecule has 0 aromatic heterocycles. The fourth-order valence-corrected chi connectivity index (χ4v) is 1.68. The van der Waals surface area contributed by atoms with Crippen LogP contribution in [-0.4, -0.2) is 50.3 Å². The van der Waals surface area contributed by atoms with Gasteiger partial charge in [0.1, 0.15) is 11.2 Å². The zero-order valence-electron chi connectivity index (χ0n) is 13.5. The molecule has 118 valence electrons. The Labute approximate surface area is 121 Å². The van der Waals surface area contributed by atoms with Gasteiger partial charge in [0.15, 0.2) is 0 Å². The highest BCUT2D eigenvalue weighted by atomic mass is 16.6. The third-order valence-corrected chi connectivity index (χ3v) is 2.75. The summed E-state index contributed by atoms with van der Waals surface area (Å²) in [5.74, 6) is -0.579. The zero-order valence-corrected chi connectivity index (χ0v) is 13.5. The van der Waals surface area contributed by atoms with Crippen molar-refractivity contribution in [2.45, 2.75) is 51.7 Å². The lowest BCUT2D eigenvalue weighted by molar-refractivity contribution is -0.162. The number of carbonyl (C=O) groups excluding carboxylic acids is 2. The van der Waals surface area contributed by atoms with Crippen molar-refractivity contribution in [2.24, 2.45) is 0 Å². The van der Waals surface area contributed by atoms with Crippen molar-refractivity contribution in [1.29, 1.82) is 0 Å². The number of carbonyl (C=O) groups is 2. The van der Waals surface area contributed by atoms with Gasteiger partial charge in [0.2, 0.25) is 0 Å². The van der Waals surface area contributed by atoms with E-state index in [0.717, 1.165) is 0 Å². The fraction of sp³-hybridized carbons (Fsp3) is 0.857. The molecule has 0 saturated heterocycles. The van der Waals surface area contributed by atoms with Gasteiger partial charge in [-0.3, -0.25) is 9.59 Å². The molecular formula is C14H28N2O4. The molecule has 0 aliphatic rings. The average Bonchev–Trinajstić information content (AvgIpc) is 2.26. The molecule has 0 spiro atoms. The molecule has 0 aliphatic heterocycles. The first kappa shape index (κ1) is 18.9. The van der Waals surface area contributed by atoms with E-state index in [1.807, 2.05) is 27.7 Å². The minimum absolute atomic E-state index is 0.185. The number of likely N-dealkylation sites (N-methyl/N-ethyl adjacent to an activating group) is 2. The summed E-state index contributed by atoms with van der Waals surface area (Å²) >= 11 is 0. The standard InChI is InChI=1S/C14H28N2O4/c1-13(2,19-11(17)9-15-5)7-8-14(3,4)20-12(18)10-16-6/h15-16H,7-10H2,1-6H3. The second kappa shape index (κ2) is 8.21. The number of nitrogens with one attached hydrogen (secondary N) is 2. The molecule has 20 heavy (non-hydrogen) atoms. The molecule has 0 saturated carbocycles. The van der Waals surface area contributed by atoms with Crippen molar-refractivity contribution >= 4 is 11.9 Å². The Balaban J connectivity index is 4.28. The predicted molar refractivity (Wildman–Crippen MR) is 77.4 cm³/mol. The topological polar surface area (TPSA) is 76.7 Å². The van der Waals surface area contributed by atoms with Crippen molar-refractivity contribution in [1.82, 2.24) is 10.6 Å². The Morgan fingerprint density at radius 3 is 1.35 bits per heavy atom. The van der Waals surface area contributed by atoms with Crippen LogP contribution in [0.2, 0.25) is 0 Å². The monoisotopic (exact) mass is 288 g/mol. The Bertz CT molecular complexity index is 295. The maximum Gasteiger partial charge on any atom is 0.320 e. The van der Waals surface area contributed by atoms with E-state index in [1.54, 1.807) is 14.1 Å². The van der Waals surface area contributed by atoms with Gasteiger partial charge in [0.05, 0.1) is 13.1 Å². The molecule has 6 nitrogen and oxygen atoms in total. The van der Waals surface area contributed by atoms with E-state index in [0.29, 0.717) is 12.8 Å². The van der Waals surface area contributed by atoms with Gasteiger partial charge in [-0.1, -0.05) is 0 Å². The van der Waals surface area contributed by atoms with Crippen LogP contribution in [0.4, 0.5) is 0 Å². The smallest absolute Gasteiger partial charge is 0.320 e. The van der Waals surface area contributed by atoms with E-state index in [4.69, 9.17) is 9.47 Å². The lowest BCUT2D eigenvalue weighted by Gasteiger charge is -2.31. The Morgan fingerprint density at radius 2 is 1.10 bits per heavy atom. The summed E-state index contributed by atoms with van der Waals surface area (Å²) in [6, 6.07) is 0. The van der Waals surface area contributed by atoms with Crippen LogP contribution in [0.15, 0.2) is 0 Å². The van der Waals surface area contributed by atoms with Gasteiger partial charge in [-0.05, 0) is 54.6 Å². The minimum atomic E-state index is -0.583. The summed E-state index contributed by atoms with van der Waals surface area (Å²) in [5, 5.41) is 5.50. The summed E-state index contributed by atoms with van der Waals surface area (Å²) in [6.07, 6.45) is 1.23. The zero-order chi connectivity index (χ0) is 15.8. The summed E-state index contributed by atoms with van der Waals surface area (Å²) < 4.78 is 10.7. The first-order chi connectivity index (χ1) is 9.12. The molecule has 0 amide bonds. The van der Waals surface area contributed by atoms with Crippen LogP contribution in [0.3, 0.4) is 0 Å². The molecule has 0 fully saturated rings. The Kier molecular flexibility index (Phi) is 7.75. The summed E-state index contributed by atoms with van der Waals surface area (Å²) in [5.41, 5.74) is -1.17. The van der Waals surface area contributed by atoms with Gasteiger partial charge in [-0.2, -0.15) is 0 Å². The van der Waals surface area contributed by atoms with E-state index >= 15 is 0 Å². The van der Waals surface area contributed by atoms with Gasteiger partial charge in [-0.15, -0.1) is 0 Å². The summed E-state index contributed by atoms with van der Waals surface area (Å²) in [7, 11) is 3.39. The van der Waals surface area contributed by atoms with Gasteiger partial charge in [-0.25, -0.2) is 0 Å². The molecule has 0 heterocycles. The summed E-state index contributed by atoms with van der Waals surface area (Å²) in [4.78, 5) is 22.9. The maximum atomic E-state index is 11.5. The highest BCUT2D eigenvalue weighted by molar-refractivity contribution is 5.72. The highest BCUT2D eigenvalue weighted by Crippen LogP contribution is 2.25. The number of ether oxygens (including phenoxy) is 2.